The largest absolute Gasteiger partial charge is 0.451 e. The predicted molar refractivity (Wildman–Crippen MR) is 115 cm³/mol. The molecule has 0 aliphatic carbocycles. The molecule has 0 aliphatic rings. The molecule has 3 aromatic heterocycles. The van der Waals surface area contributed by atoms with Crippen LogP contribution in [0.5, 0.6) is 11.5 Å². The fourth-order valence-corrected chi connectivity index (χ4v) is 3.54. The van der Waals surface area contributed by atoms with Crippen LogP contribution < -0.4 is 10.3 Å². The van der Waals surface area contributed by atoms with Gasteiger partial charge in [0, 0.05) is 29.7 Å². The summed E-state index contributed by atoms with van der Waals surface area (Å²) in [5.74, 6) is -1.62. The zero-order valence-corrected chi connectivity index (χ0v) is 18.1. The molecule has 4 aromatic rings. The molecule has 0 N–H and O–H groups in total. The van der Waals surface area contributed by atoms with Gasteiger partial charge < -0.3 is 9.30 Å². The van der Waals surface area contributed by atoms with Gasteiger partial charge in [-0.05, 0) is 36.4 Å². The Kier molecular flexibility index (Phi) is 5.85. The fourth-order valence-electron chi connectivity index (χ4n) is 3.31. The van der Waals surface area contributed by atoms with E-state index in [-0.39, 0.29) is 34.2 Å². The van der Waals surface area contributed by atoms with Gasteiger partial charge in [-0.3, -0.25) is 9.59 Å². The van der Waals surface area contributed by atoms with Gasteiger partial charge in [0.25, 0.3) is 5.56 Å². The number of nitrogens with zero attached hydrogens (tertiary/aromatic N) is 5. The first-order valence-electron chi connectivity index (χ1n) is 9.61. The molecule has 0 spiro atoms. The molecule has 8 nitrogen and oxygen atoms in total. The van der Waals surface area contributed by atoms with Crippen molar-refractivity contribution in [2.24, 2.45) is 0 Å². The standard InChI is InChI=1S/C22H13ClF3N5O3/c1-12(32)31-20-16(3-2-5-28-20)18(29-31)11-30-6-4-17(22(24,25)26)19(21(30)33)34-15-8-13(10-27)7-14(23)9-15/h2-9H,11H2,1H3. The Labute approximate surface area is 194 Å². The van der Waals surface area contributed by atoms with Crippen molar-refractivity contribution in [3.8, 4) is 17.6 Å². The third-order valence-electron chi connectivity index (χ3n) is 4.78. The number of pyridine rings is 2. The van der Waals surface area contributed by atoms with Crippen molar-refractivity contribution in [2.45, 2.75) is 19.6 Å². The van der Waals surface area contributed by atoms with E-state index in [0.29, 0.717) is 11.5 Å². The van der Waals surface area contributed by atoms with Crippen LogP contribution in [0.25, 0.3) is 11.0 Å². The third kappa shape index (κ3) is 4.35. The van der Waals surface area contributed by atoms with Crippen molar-refractivity contribution in [1.29, 1.82) is 5.26 Å². The van der Waals surface area contributed by atoms with Crippen molar-refractivity contribution in [2.75, 3.05) is 0 Å². The lowest BCUT2D eigenvalue weighted by molar-refractivity contribution is -0.138. The Morgan fingerprint density at radius 3 is 2.71 bits per heavy atom. The number of halogens is 4. The van der Waals surface area contributed by atoms with Gasteiger partial charge in [-0.15, -0.1) is 0 Å². The Morgan fingerprint density at radius 1 is 1.26 bits per heavy atom. The molecular formula is C22H13ClF3N5O3. The van der Waals surface area contributed by atoms with Crippen LogP contribution in [0.1, 0.15) is 28.5 Å². The van der Waals surface area contributed by atoms with Gasteiger partial charge in [0.2, 0.25) is 11.7 Å². The van der Waals surface area contributed by atoms with Gasteiger partial charge >= 0.3 is 6.18 Å². The van der Waals surface area contributed by atoms with Gasteiger partial charge in [0.05, 0.1) is 23.9 Å². The number of alkyl halides is 3. The Balaban J connectivity index is 1.83. The van der Waals surface area contributed by atoms with Crippen molar-refractivity contribution in [3.05, 3.63) is 81.0 Å². The Morgan fingerprint density at radius 2 is 2.03 bits per heavy atom. The average molecular weight is 488 g/mol. The van der Waals surface area contributed by atoms with Crippen LogP contribution in [0.2, 0.25) is 5.02 Å². The van der Waals surface area contributed by atoms with Crippen molar-refractivity contribution >= 4 is 28.5 Å². The van der Waals surface area contributed by atoms with Crippen LogP contribution in [0, 0.1) is 11.3 Å². The second-order valence-electron chi connectivity index (χ2n) is 7.13. The van der Waals surface area contributed by atoms with Crippen molar-refractivity contribution in [3.63, 3.8) is 0 Å². The summed E-state index contributed by atoms with van der Waals surface area (Å²) in [4.78, 5) is 29.1. The quantitative estimate of drug-likeness (QED) is 0.415. The predicted octanol–water partition coefficient (Wildman–Crippen LogP) is 4.64. The van der Waals surface area contributed by atoms with E-state index < -0.39 is 29.0 Å². The SMILES string of the molecule is CC(=O)n1nc(Cn2ccc(C(F)(F)F)c(Oc3cc(Cl)cc(C#N)c3)c2=O)c2cccnc21. The maximum atomic E-state index is 13.6. The van der Waals surface area contributed by atoms with Crippen LogP contribution in [0.4, 0.5) is 13.2 Å². The van der Waals surface area contributed by atoms with Crippen LogP contribution in [0.15, 0.2) is 53.6 Å². The van der Waals surface area contributed by atoms with Crippen LogP contribution in [0.3, 0.4) is 0 Å². The number of benzene rings is 1. The minimum atomic E-state index is -4.89. The summed E-state index contributed by atoms with van der Waals surface area (Å²) in [6.45, 7) is 1.02. The molecule has 0 fully saturated rings. The zero-order valence-electron chi connectivity index (χ0n) is 17.3. The van der Waals surface area contributed by atoms with E-state index >= 15 is 0 Å². The highest BCUT2D eigenvalue weighted by atomic mass is 35.5. The summed E-state index contributed by atoms with van der Waals surface area (Å²) in [5.41, 5.74) is -1.85. The highest BCUT2D eigenvalue weighted by Gasteiger charge is 2.36. The van der Waals surface area contributed by atoms with Crippen LogP contribution in [-0.2, 0) is 12.7 Å². The lowest BCUT2D eigenvalue weighted by atomic mass is 10.2. The van der Waals surface area contributed by atoms with Crippen molar-refractivity contribution < 1.29 is 22.7 Å². The number of carbonyl (C=O) groups is 1. The third-order valence-corrected chi connectivity index (χ3v) is 5.00. The molecule has 0 amide bonds. The minimum Gasteiger partial charge on any atom is -0.451 e. The summed E-state index contributed by atoms with van der Waals surface area (Å²) < 4.78 is 48.3. The summed E-state index contributed by atoms with van der Waals surface area (Å²) >= 11 is 5.91. The molecule has 0 saturated carbocycles. The van der Waals surface area contributed by atoms with Gasteiger partial charge in [-0.25, -0.2) is 4.98 Å². The molecule has 0 bridgehead atoms. The van der Waals surface area contributed by atoms with E-state index in [9.17, 15) is 22.8 Å². The molecule has 4 rings (SSSR count). The highest BCUT2D eigenvalue weighted by Crippen LogP contribution is 2.36. The normalized spacial score (nSPS) is 11.4. The number of aromatic nitrogens is 4. The molecule has 0 aliphatic heterocycles. The van der Waals surface area contributed by atoms with Gasteiger partial charge in [-0.1, -0.05) is 11.6 Å². The molecule has 0 saturated heterocycles. The molecule has 0 radical (unpaired) electrons. The van der Waals surface area contributed by atoms with Gasteiger partial charge in [-0.2, -0.15) is 28.2 Å². The topological polar surface area (TPSA) is 103 Å². The molecule has 0 unspecified atom stereocenters. The second-order valence-corrected chi connectivity index (χ2v) is 7.57. The monoisotopic (exact) mass is 487 g/mol. The Hall–Kier alpha value is -4.17. The molecular weight excluding hydrogens is 475 g/mol. The number of ether oxygens (including phenoxy) is 1. The first-order valence-corrected chi connectivity index (χ1v) is 9.99. The van der Waals surface area contributed by atoms with E-state index in [4.69, 9.17) is 21.6 Å². The first-order chi connectivity index (χ1) is 16.1. The van der Waals surface area contributed by atoms with Gasteiger partial charge in [0.15, 0.2) is 5.65 Å². The lowest BCUT2D eigenvalue weighted by Gasteiger charge is -2.15. The summed E-state index contributed by atoms with van der Waals surface area (Å²) in [7, 11) is 0. The molecule has 172 valence electrons. The number of rotatable bonds is 4. The number of hydrogen-bond acceptors (Lipinski definition) is 6. The summed E-state index contributed by atoms with van der Waals surface area (Å²) in [5, 5.41) is 13.8. The maximum absolute atomic E-state index is 13.6. The van der Waals surface area contributed by atoms with E-state index in [0.717, 1.165) is 21.5 Å². The average Bonchev–Trinajstić information content (AvgIpc) is 3.14. The zero-order chi connectivity index (χ0) is 24.6. The molecule has 3 heterocycles. The minimum absolute atomic E-state index is 0.0426. The molecule has 34 heavy (non-hydrogen) atoms. The smallest absolute Gasteiger partial charge is 0.420 e. The molecule has 1 aromatic carbocycles. The summed E-state index contributed by atoms with van der Waals surface area (Å²) in [6.07, 6.45) is -2.47. The van der Waals surface area contributed by atoms with E-state index in [1.54, 1.807) is 12.1 Å². The molecule has 12 heteroatoms. The number of fused-ring (bicyclic) bond motifs is 1. The van der Waals surface area contributed by atoms with E-state index in [2.05, 4.69) is 10.1 Å². The number of nitriles is 1. The lowest BCUT2D eigenvalue weighted by Crippen LogP contribution is -2.25. The van der Waals surface area contributed by atoms with Crippen molar-refractivity contribution in [1.82, 2.24) is 19.3 Å². The van der Waals surface area contributed by atoms with Gasteiger partial charge in [0.1, 0.15) is 11.3 Å². The fraction of sp³-hybridized carbons (Fsp3) is 0.136. The number of hydrogen-bond donors (Lipinski definition) is 0. The molecule has 0 atom stereocenters. The maximum Gasteiger partial charge on any atom is 0.420 e. The van der Waals surface area contributed by atoms with Crippen LogP contribution >= 0.6 is 11.6 Å². The van der Waals surface area contributed by atoms with E-state index in [1.165, 1.54) is 25.3 Å². The highest BCUT2D eigenvalue weighted by molar-refractivity contribution is 6.30. The van der Waals surface area contributed by atoms with Crippen LogP contribution in [-0.4, -0.2) is 25.2 Å². The van der Waals surface area contributed by atoms with E-state index in [1.807, 2.05) is 6.07 Å². The Bertz CT molecular complexity index is 1540. The second kappa shape index (κ2) is 8.64. The number of carbonyl (C=O) groups excluding carboxylic acids is 1. The first kappa shape index (κ1) is 23.0. The summed E-state index contributed by atoms with van der Waals surface area (Å²) in [6, 6.07) is 9.40.